The van der Waals surface area contributed by atoms with Crippen LogP contribution in [0.4, 0.5) is 4.79 Å². The fourth-order valence-electron chi connectivity index (χ4n) is 2.38. The summed E-state index contributed by atoms with van der Waals surface area (Å²) < 4.78 is 0. The van der Waals surface area contributed by atoms with Gasteiger partial charge in [0.1, 0.15) is 0 Å². The van der Waals surface area contributed by atoms with Crippen LogP contribution in [-0.4, -0.2) is 52.9 Å². The van der Waals surface area contributed by atoms with Crippen molar-refractivity contribution in [1.82, 2.24) is 10.2 Å². The molecule has 110 valence electrons. The maximum absolute atomic E-state index is 12.0. The van der Waals surface area contributed by atoms with Gasteiger partial charge in [-0.2, -0.15) is 0 Å². The molecule has 0 saturated carbocycles. The summed E-state index contributed by atoms with van der Waals surface area (Å²) >= 11 is 0. The van der Waals surface area contributed by atoms with Crippen LogP contribution in [0.25, 0.3) is 0 Å². The Morgan fingerprint density at radius 2 is 2.21 bits per heavy atom. The van der Waals surface area contributed by atoms with Crippen molar-refractivity contribution in [2.45, 2.75) is 45.1 Å². The molecule has 1 heterocycles. The van der Waals surface area contributed by atoms with E-state index in [9.17, 15) is 9.59 Å². The summed E-state index contributed by atoms with van der Waals surface area (Å²) in [6, 6.07) is -0.262. The largest absolute Gasteiger partial charge is 0.481 e. The molecule has 0 spiro atoms. The SMILES string of the molecule is CC(CCC(=O)O)NC(=O)N1CCCC(CCO)C1. The van der Waals surface area contributed by atoms with Crippen molar-refractivity contribution in [3.63, 3.8) is 0 Å². The van der Waals surface area contributed by atoms with Crippen molar-refractivity contribution >= 4 is 12.0 Å². The van der Waals surface area contributed by atoms with E-state index in [2.05, 4.69) is 5.32 Å². The average molecular weight is 272 g/mol. The number of urea groups is 1. The van der Waals surface area contributed by atoms with Gasteiger partial charge in [0.25, 0.3) is 0 Å². The molecular formula is C13H24N2O4. The number of carboxylic acids is 1. The Morgan fingerprint density at radius 3 is 2.84 bits per heavy atom. The molecule has 2 unspecified atom stereocenters. The number of nitrogens with zero attached hydrogens (tertiary/aromatic N) is 1. The Bertz CT molecular complexity index is 307. The minimum absolute atomic E-state index is 0.0641. The third-order valence-corrected chi connectivity index (χ3v) is 3.50. The third-order valence-electron chi connectivity index (χ3n) is 3.50. The lowest BCUT2D eigenvalue weighted by Crippen LogP contribution is -2.48. The molecule has 0 radical (unpaired) electrons. The van der Waals surface area contributed by atoms with E-state index in [1.807, 2.05) is 6.92 Å². The second-order valence-electron chi connectivity index (χ2n) is 5.25. The highest BCUT2D eigenvalue weighted by Crippen LogP contribution is 2.19. The molecule has 1 aliphatic heterocycles. The number of nitrogens with one attached hydrogen (secondary N) is 1. The molecular weight excluding hydrogens is 248 g/mol. The molecule has 1 fully saturated rings. The number of aliphatic carboxylic acids is 1. The summed E-state index contributed by atoms with van der Waals surface area (Å²) in [6.07, 6.45) is 3.25. The lowest BCUT2D eigenvalue weighted by molar-refractivity contribution is -0.137. The number of rotatable bonds is 6. The number of carbonyl (C=O) groups excluding carboxylic acids is 1. The first-order valence-corrected chi connectivity index (χ1v) is 6.91. The number of likely N-dealkylation sites (tertiary alicyclic amines) is 1. The smallest absolute Gasteiger partial charge is 0.317 e. The summed E-state index contributed by atoms with van der Waals surface area (Å²) in [6.45, 7) is 3.39. The maximum atomic E-state index is 12.0. The van der Waals surface area contributed by atoms with Gasteiger partial charge in [-0.05, 0) is 38.5 Å². The second-order valence-corrected chi connectivity index (χ2v) is 5.25. The van der Waals surface area contributed by atoms with Gasteiger partial charge in [-0.25, -0.2) is 4.79 Å². The average Bonchev–Trinajstić information content (AvgIpc) is 2.37. The predicted molar refractivity (Wildman–Crippen MR) is 70.9 cm³/mol. The zero-order valence-electron chi connectivity index (χ0n) is 11.5. The summed E-state index contributed by atoms with van der Waals surface area (Å²) in [5, 5.41) is 20.4. The number of carboxylic acid groups (broad SMARTS) is 1. The van der Waals surface area contributed by atoms with Crippen molar-refractivity contribution in [2.24, 2.45) is 5.92 Å². The van der Waals surface area contributed by atoms with Crippen LogP contribution in [-0.2, 0) is 4.79 Å². The minimum Gasteiger partial charge on any atom is -0.481 e. The molecule has 0 aromatic heterocycles. The van der Waals surface area contributed by atoms with Crippen molar-refractivity contribution in [1.29, 1.82) is 0 Å². The Balaban J connectivity index is 2.33. The van der Waals surface area contributed by atoms with Gasteiger partial charge in [0.05, 0.1) is 0 Å². The summed E-state index contributed by atoms with van der Waals surface area (Å²) in [5.74, 6) is -0.471. The van der Waals surface area contributed by atoms with E-state index in [1.54, 1.807) is 4.90 Å². The van der Waals surface area contributed by atoms with Crippen molar-refractivity contribution < 1.29 is 19.8 Å². The zero-order chi connectivity index (χ0) is 14.3. The highest BCUT2D eigenvalue weighted by molar-refractivity contribution is 5.74. The molecule has 0 aromatic carbocycles. The molecule has 6 nitrogen and oxygen atoms in total. The summed E-state index contributed by atoms with van der Waals surface area (Å²) in [7, 11) is 0. The van der Waals surface area contributed by atoms with Gasteiger partial charge in [-0.1, -0.05) is 0 Å². The normalized spacial score (nSPS) is 20.9. The second kappa shape index (κ2) is 7.99. The number of carbonyl (C=O) groups is 2. The van der Waals surface area contributed by atoms with Gasteiger partial charge in [-0.3, -0.25) is 4.79 Å². The van der Waals surface area contributed by atoms with Gasteiger partial charge < -0.3 is 20.4 Å². The topological polar surface area (TPSA) is 89.9 Å². The molecule has 3 N–H and O–H groups in total. The molecule has 1 rings (SSSR count). The molecule has 0 bridgehead atoms. The quantitative estimate of drug-likeness (QED) is 0.674. The van der Waals surface area contributed by atoms with E-state index < -0.39 is 5.97 Å². The van der Waals surface area contributed by atoms with Crippen molar-refractivity contribution in [2.75, 3.05) is 19.7 Å². The first-order valence-electron chi connectivity index (χ1n) is 6.91. The fourth-order valence-corrected chi connectivity index (χ4v) is 2.38. The molecule has 1 aliphatic rings. The van der Waals surface area contributed by atoms with Crippen molar-refractivity contribution in [3.8, 4) is 0 Å². The number of amides is 2. The van der Waals surface area contributed by atoms with Crippen LogP contribution < -0.4 is 5.32 Å². The third kappa shape index (κ3) is 5.92. The van der Waals surface area contributed by atoms with Crippen LogP contribution in [0.3, 0.4) is 0 Å². The Kier molecular flexibility index (Phi) is 6.62. The van der Waals surface area contributed by atoms with E-state index in [0.717, 1.165) is 25.8 Å². The van der Waals surface area contributed by atoms with Crippen LogP contribution in [0, 0.1) is 5.92 Å². The van der Waals surface area contributed by atoms with Crippen LogP contribution >= 0.6 is 0 Å². The highest BCUT2D eigenvalue weighted by Gasteiger charge is 2.24. The zero-order valence-corrected chi connectivity index (χ0v) is 11.5. The highest BCUT2D eigenvalue weighted by atomic mass is 16.4. The Hall–Kier alpha value is -1.30. The monoisotopic (exact) mass is 272 g/mol. The Labute approximate surface area is 113 Å². The maximum Gasteiger partial charge on any atom is 0.317 e. The summed E-state index contributed by atoms with van der Waals surface area (Å²) in [4.78, 5) is 24.2. The number of hydrogen-bond acceptors (Lipinski definition) is 3. The number of piperidine rings is 1. The number of aliphatic hydroxyl groups is 1. The fraction of sp³-hybridized carbons (Fsp3) is 0.846. The lowest BCUT2D eigenvalue weighted by atomic mass is 9.95. The van der Waals surface area contributed by atoms with Crippen LogP contribution in [0.5, 0.6) is 0 Å². The molecule has 2 amide bonds. The van der Waals surface area contributed by atoms with Gasteiger partial charge in [0.2, 0.25) is 0 Å². The summed E-state index contributed by atoms with van der Waals surface area (Å²) in [5.41, 5.74) is 0. The van der Waals surface area contributed by atoms with E-state index in [1.165, 1.54) is 0 Å². The van der Waals surface area contributed by atoms with Crippen LogP contribution in [0.1, 0.15) is 39.0 Å². The minimum atomic E-state index is -0.845. The lowest BCUT2D eigenvalue weighted by Gasteiger charge is -2.33. The molecule has 1 saturated heterocycles. The van der Waals surface area contributed by atoms with Crippen LogP contribution in [0.15, 0.2) is 0 Å². The van der Waals surface area contributed by atoms with Crippen molar-refractivity contribution in [3.05, 3.63) is 0 Å². The predicted octanol–water partition coefficient (Wildman–Crippen LogP) is 1.04. The van der Waals surface area contributed by atoms with Crippen LogP contribution in [0.2, 0.25) is 0 Å². The van der Waals surface area contributed by atoms with E-state index in [-0.39, 0.29) is 25.1 Å². The standard InChI is InChI=1S/C13H24N2O4/c1-10(4-5-12(17)18)14-13(19)15-7-2-3-11(9-15)6-8-16/h10-11,16H,2-9H2,1H3,(H,14,19)(H,17,18). The van der Waals surface area contributed by atoms with Gasteiger partial charge >= 0.3 is 12.0 Å². The number of aliphatic hydroxyl groups excluding tert-OH is 1. The van der Waals surface area contributed by atoms with Gasteiger partial charge in [0, 0.05) is 32.2 Å². The molecule has 19 heavy (non-hydrogen) atoms. The Morgan fingerprint density at radius 1 is 1.47 bits per heavy atom. The first-order chi connectivity index (χ1) is 9.02. The first kappa shape index (κ1) is 15.8. The van der Waals surface area contributed by atoms with E-state index >= 15 is 0 Å². The van der Waals surface area contributed by atoms with E-state index in [4.69, 9.17) is 10.2 Å². The molecule has 2 atom stereocenters. The number of hydrogen-bond donors (Lipinski definition) is 3. The molecule has 6 heteroatoms. The molecule has 0 aromatic rings. The molecule has 0 aliphatic carbocycles. The van der Waals surface area contributed by atoms with Gasteiger partial charge in [-0.15, -0.1) is 0 Å². The van der Waals surface area contributed by atoms with Gasteiger partial charge in [0.15, 0.2) is 0 Å². The van der Waals surface area contributed by atoms with E-state index in [0.29, 0.717) is 18.9 Å².